The number of amides is 1. The number of aryl methyl sites for hydroxylation is 1. The van der Waals surface area contributed by atoms with Crippen molar-refractivity contribution in [2.75, 3.05) is 31.7 Å². The topological polar surface area (TPSA) is 115 Å². The smallest absolute Gasteiger partial charge is 0.283 e. The maximum atomic E-state index is 13.5. The molecule has 4 atom stereocenters. The summed E-state index contributed by atoms with van der Waals surface area (Å²) < 4.78 is 40.6. The van der Waals surface area contributed by atoms with E-state index >= 15 is 0 Å². The van der Waals surface area contributed by atoms with Crippen LogP contribution in [-0.2, 0) is 32.6 Å². The first-order chi connectivity index (χ1) is 21.6. The van der Waals surface area contributed by atoms with Crippen molar-refractivity contribution in [3.63, 3.8) is 0 Å². The molecule has 2 aromatic rings. The van der Waals surface area contributed by atoms with Gasteiger partial charge >= 0.3 is 0 Å². The average molecular weight is 658 g/mol. The molecule has 0 saturated heterocycles. The van der Waals surface area contributed by atoms with Crippen LogP contribution in [0, 0.1) is 17.8 Å². The lowest BCUT2D eigenvalue weighted by molar-refractivity contribution is -0.122. The fourth-order valence-corrected chi connectivity index (χ4v) is 8.01. The molecule has 1 N–H and O–H groups in total. The Morgan fingerprint density at radius 3 is 2.69 bits per heavy atom. The van der Waals surface area contributed by atoms with E-state index in [1.807, 2.05) is 25.1 Å². The van der Waals surface area contributed by atoms with Crippen LogP contribution in [-0.4, -0.2) is 57.1 Å². The third-order valence-corrected chi connectivity index (χ3v) is 11.1. The third-order valence-electron chi connectivity index (χ3n) is 8.90. The molecule has 1 aliphatic heterocycles. The van der Waals surface area contributed by atoms with Gasteiger partial charge in [-0.2, -0.15) is 0 Å². The molecule has 0 unspecified atom stereocenters. The van der Waals surface area contributed by atoms with Crippen LogP contribution in [0.3, 0.4) is 0 Å². The highest BCUT2D eigenvalue weighted by Crippen LogP contribution is 2.38. The number of nitrogens with one attached hydrogen (secondary N) is 1. The van der Waals surface area contributed by atoms with E-state index in [9.17, 15) is 18.0 Å². The lowest BCUT2D eigenvalue weighted by atomic mass is 9.71. The van der Waals surface area contributed by atoms with Crippen molar-refractivity contribution in [2.24, 2.45) is 17.8 Å². The Balaban J connectivity index is 1.66. The lowest BCUT2D eigenvalue weighted by Gasteiger charge is -2.39. The van der Waals surface area contributed by atoms with Gasteiger partial charge in [-0.05, 0) is 98.2 Å². The van der Waals surface area contributed by atoms with Crippen LogP contribution in [0.2, 0.25) is 5.02 Å². The summed E-state index contributed by atoms with van der Waals surface area (Å²) in [6.45, 7) is 10.9. The van der Waals surface area contributed by atoms with Gasteiger partial charge in [0.1, 0.15) is 12.3 Å². The number of anilines is 1. The number of aromatic nitrogens is 1. The van der Waals surface area contributed by atoms with Gasteiger partial charge in [0.2, 0.25) is 10.0 Å². The Hall–Kier alpha value is -3.21. The number of halogens is 1. The van der Waals surface area contributed by atoms with Crippen LogP contribution in [0.25, 0.3) is 0 Å². The summed E-state index contributed by atoms with van der Waals surface area (Å²) in [6, 6.07) is 8.92. The molecule has 1 amide bonds. The highest BCUT2D eigenvalue weighted by atomic mass is 35.5. The van der Waals surface area contributed by atoms with E-state index < -0.39 is 21.2 Å². The molecule has 2 heterocycles. The third kappa shape index (κ3) is 8.74. The van der Waals surface area contributed by atoms with Crippen LogP contribution in [0.5, 0.6) is 5.75 Å². The number of pyridine rings is 1. The number of methoxy groups -OCH3 is 1. The largest absolute Gasteiger partial charge is 0.485 e. The van der Waals surface area contributed by atoms with E-state index in [-0.39, 0.29) is 48.9 Å². The minimum absolute atomic E-state index is 0.0351. The molecule has 0 radical (unpaired) electrons. The van der Waals surface area contributed by atoms with E-state index in [0.29, 0.717) is 36.1 Å². The Morgan fingerprint density at radius 2 is 2.00 bits per heavy atom. The zero-order valence-corrected chi connectivity index (χ0v) is 27.7. The molecule has 1 aromatic carbocycles. The van der Waals surface area contributed by atoms with E-state index in [2.05, 4.69) is 22.8 Å². The first-order valence-corrected chi connectivity index (χ1v) is 17.5. The Bertz CT molecular complexity index is 1500. The predicted octanol–water partition coefficient (Wildman–Crippen LogP) is 5.91. The molecule has 0 spiro atoms. The van der Waals surface area contributed by atoms with Crippen molar-refractivity contribution in [1.29, 1.82) is 0 Å². The molecular weight excluding hydrogens is 614 g/mol. The molecule has 1 fully saturated rings. The quantitative estimate of drug-likeness (QED) is 0.209. The molecule has 1 saturated carbocycles. The zero-order chi connectivity index (χ0) is 32.6. The monoisotopic (exact) mass is 657 g/mol. The number of hydrogen-bond acceptors (Lipinski definition) is 8. The van der Waals surface area contributed by atoms with Crippen molar-refractivity contribution in [2.45, 2.75) is 63.7 Å². The molecule has 2 aliphatic rings. The van der Waals surface area contributed by atoms with Crippen molar-refractivity contribution in [3.05, 3.63) is 77.5 Å². The predicted molar refractivity (Wildman–Crippen MR) is 177 cm³/mol. The van der Waals surface area contributed by atoms with E-state index in [1.54, 1.807) is 12.1 Å². The van der Waals surface area contributed by atoms with Gasteiger partial charge < -0.3 is 14.4 Å². The number of rotatable bonds is 13. The minimum atomic E-state index is -4.07. The summed E-state index contributed by atoms with van der Waals surface area (Å²) in [5.41, 5.74) is 2.09. The number of benzene rings is 1. The molecule has 4 rings (SSSR count). The highest BCUT2D eigenvalue weighted by molar-refractivity contribution is 7.90. The summed E-state index contributed by atoms with van der Waals surface area (Å²) in [5, 5.41) is -0.185. The molecule has 244 valence electrons. The number of carbonyl (C=O) groups excluding carboxylic acids is 2. The Labute approximate surface area is 272 Å². The number of carbonyl (C=O) groups is 2. The number of allylic oxidation sites excluding steroid dienone is 2. The molecule has 9 nitrogen and oxygen atoms in total. The first kappa shape index (κ1) is 34.7. The SMILES string of the molecule is C=CC[C@H](C)[C@@H](CCOC)S(=O)(=O)NC(=O)c1ccc2c(n1)N(C[C@@H]1CC[C@H]1C(=O)C=C)CCCCc1cc(Cl)ccc1CO2. The van der Waals surface area contributed by atoms with E-state index in [0.717, 1.165) is 43.2 Å². The standard InChI is InChI=1S/C34H44ClN3O6S/c1-5-9-23(3)32(17-19-43-4)45(41,42)37-34(40)29-15-16-31-33(36-29)38(21-25-12-14-28(25)30(39)6-2)18-8-7-10-24-20-27(35)13-11-26(24)22-44-31/h5-6,11,13,15-16,20,23,25,28,32H,1-2,7-10,12,14,17-19,21-22H2,3-4H3,(H,37,40)/t23-,25-,28+,32+/m0/s1. The minimum Gasteiger partial charge on any atom is -0.485 e. The van der Waals surface area contributed by atoms with Crippen molar-refractivity contribution in [1.82, 2.24) is 9.71 Å². The van der Waals surface area contributed by atoms with Crippen LogP contribution in [0.1, 0.15) is 67.1 Å². The van der Waals surface area contributed by atoms with Gasteiger partial charge in [-0.25, -0.2) is 18.1 Å². The Kier molecular flexibility index (Phi) is 12.2. The lowest BCUT2D eigenvalue weighted by Crippen LogP contribution is -2.43. The summed E-state index contributed by atoms with van der Waals surface area (Å²) in [4.78, 5) is 32.8. The van der Waals surface area contributed by atoms with Crippen LogP contribution >= 0.6 is 11.6 Å². The number of ketones is 1. The van der Waals surface area contributed by atoms with Gasteiger partial charge in [0.05, 0.1) is 5.25 Å². The van der Waals surface area contributed by atoms with Gasteiger partial charge in [0.25, 0.3) is 5.91 Å². The van der Waals surface area contributed by atoms with Gasteiger partial charge in [-0.15, -0.1) is 6.58 Å². The normalized spacial score (nSPS) is 19.8. The first-order valence-electron chi connectivity index (χ1n) is 15.6. The molecule has 11 heteroatoms. The fraction of sp³-hybridized carbons (Fsp3) is 0.500. The second-order valence-corrected chi connectivity index (χ2v) is 14.3. The summed E-state index contributed by atoms with van der Waals surface area (Å²) in [7, 11) is -2.56. The number of ether oxygens (including phenoxy) is 2. The van der Waals surface area contributed by atoms with Crippen molar-refractivity contribution >= 4 is 39.1 Å². The van der Waals surface area contributed by atoms with E-state index in [4.69, 9.17) is 26.1 Å². The van der Waals surface area contributed by atoms with Gasteiger partial charge in [-0.1, -0.05) is 37.2 Å². The molecular formula is C34H44ClN3O6S. The number of sulfonamides is 1. The van der Waals surface area contributed by atoms with Gasteiger partial charge in [-0.3, -0.25) is 9.59 Å². The summed E-state index contributed by atoms with van der Waals surface area (Å²) in [6.07, 6.45) is 8.01. The van der Waals surface area contributed by atoms with Crippen molar-refractivity contribution < 1.29 is 27.5 Å². The maximum Gasteiger partial charge on any atom is 0.283 e. The summed E-state index contributed by atoms with van der Waals surface area (Å²) in [5.74, 6) is -0.132. The zero-order valence-electron chi connectivity index (χ0n) is 26.2. The second kappa shape index (κ2) is 15.9. The van der Waals surface area contributed by atoms with Crippen LogP contribution < -0.4 is 14.4 Å². The fourth-order valence-electron chi connectivity index (χ4n) is 6.17. The van der Waals surface area contributed by atoms with Crippen LogP contribution in [0.15, 0.2) is 55.6 Å². The number of fused-ring (bicyclic) bond motifs is 2. The second-order valence-electron chi connectivity index (χ2n) is 12.0. The molecule has 1 aliphatic carbocycles. The number of nitrogens with zero attached hydrogens (tertiary/aromatic N) is 2. The summed E-state index contributed by atoms with van der Waals surface area (Å²) >= 11 is 6.30. The number of hydrogen-bond donors (Lipinski definition) is 1. The molecule has 1 aromatic heterocycles. The van der Waals surface area contributed by atoms with Gasteiger partial charge in [0, 0.05) is 37.7 Å². The van der Waals surface area contributed by atoms with Gasteiger partial charge in [0.15, 0.2) is 17.4 Å². The Morgan fingerprint density at radius 1 is 1.20 bits per heavy atom. The maximum absolute atomic E-state index is 13.5. The molecule has 45 heavy (non-hydrogen) atoms. The van der Waals surface area contributed by atoms with Crippen LogP contribution in [0.4, 0.5) is 5.82 Å². The van der Waals surface area contributed by atoms with E-state index in [1.165, 1.54) is 19.3 Å². The van der Waals surface area contributed by atoms with Crippen molar-refractivity contribution in [3.8, 4) is 5.75 Å². The molecule has 0 bridgehead atoms. The average Bonchev–Trinajstić information content (AvgIpc) is 3.02. The highest BCUT2D eigenvalue weighted by Gasteiger charge is 2.37.